The average Bonchev–Trinajstić information content (AvgIpc) is 2.78. The Balaban J connectivity index is 2.27. The summed E-state index contributed by atoms with van der Waals surface area (Å²) in [6.45, 7) is 2.98. The second kappa shape index (κ2) is 5.73. The highest BCUT2D eigenvalue weighted by atomic mass is 19.1. The zero-order valence-electron chi connectivity index (χ0n) is 10.6. The lowest BCUT2D eigenvalue weighted by molar-refractivity contribution is 0.581. The minimum atomic E-state index is -0.230. The van der Waals surface area contributed by atoms with Crippen LogP contribution in [-0.2, 0) is 7.05 Å². The molecule has 0 amide bonds. The Labute approximate surface area is 106 Å². The molecule has 0 spiro atoms. The molecule has 2 rings (SSSR count). The Morgan fingerprint density at radius 3 is 2.61 bits per heavy atom. The maximum absolute atomic E-state index is 13.0. The van der Waals surface area contributed by atoms with Gasteiger partial charge < -0.3 is 5.32 Å². The van der Waals surface area contributed by atoms with E-state index in [4.69, 9.17) is 0 Å². The van der Waals surface area contributed by atoms with E-state index >= 15 is 0 Å². The van der Waals surface area contributed by atoms with Crippen LogP contribution < -0.4 is 5.32 Å². The maximum Gasteiger partial charge on any atom is 0.123 e. The molecule has 1 N–H and O–H groups in total. The summed E-state index contributed by atoms with van der Waals surface area (Å²) in [7, 11) is 1.83. The molecule has 96 valence electrons. The van der Waals surface area contributed by atoms with Gasteiger partial charge in [0, 0.05) is 7.05 Å². The summed E-state index contributed by atoms with van der Waals surface area (Å²) in [4.78, 5) is 0. The number of benzene rings is 1. The number of halogens is 1. The smallest absolute Gasteiger partial charge is 0.123 e. The molecule has 18 heavy (non-hydrogen) atoms. The van der Waals surface area contributed by atoms with Crippen molar-refractivity contribution in [2.24, 2.45) is 7.05 Å². The van der Waals surface area contributed by atoms with Gasteiger partial charge in [0.25, 0.3) is 0 Å². The average molecular weight is 248 g/mol. The normalized spacial score (nSPS) is 12.6. The van der Waals surface area contributed by atoms with Crippen LogP contribution >= 0.6 is 0 Å². The fraction of sp³-hybridized carbons (Fsp3) is 0.385. The maximum atomic E-state index is 13.0. The van der Waals surface area contributed by atoms with Crippen LogP contribution in [0.2, 0.25) is 0 Å². The largest absolute Gasteiger partial charge is 0.305 e. The van der Waals surface area contributed by atoms with Crippen LogP contribution in [0.15, 0.2) is 30.5 Å². The topological polar surface area (TPSA) is 42.7 Å². The van der Waals surface area contributed by atoms with Gasteiger partial charge in [-0.25, -0.2) is 4.39 Å². The van der Waals surface area contributed by atoms with Crippen LogP contribution in [0.1, 0.15) is 30.6 Å². The summed E-state index contributed by atoms with van der Waals surface area (Å²) in [5, 5.41) is 11.5. The zero-order chi connectivity index (χ0) is 13.0. The van der Waals surface area contributed by atoms with Gasteiger partial charge in [-0.3, -0.25) is 4.68 Å². The van der Waals surface area contributed by atoms with Gasteiger partial charge in [0.1, 0.15) is 11.5 Å². The van der Waals surface area contributed by atoms with E-state index < -0.39 is 0 Å². The zero-order valence-corrected chi connectivity index (χ0v) is 10.6. The van der Waals surface area contributed by atoms with Crippen molar-refractivity contribution < 1.29 is 4.39 Å². The lowest BCUT2D eigenvalue weighted by atomic mass is 10.0. The summed E-state index contributed by atoms with van der Waals surface area (Å²) >= 11 is 0. The Morgan fingerprint density at radius 2 is 2.06 bits per heavy atom. The second-order valence-corrected chi connectivity index (χ2v) is 4.26. The van der Waals surface area contributed by atoms with Gasteiger partial charge in [0.2, 0.25) is 0 Å². The first-order valence-corrected chi connectivity index (χ1v) is 6.05. The van der Waals surface area contributed by atoms with E-state index in [1.165, 1.54) is 12.1 Å². The number of rotatable bonds is 5. The standard InChI is InChI=1S/C13H17FN4/c1-3-8-15-13(12-9-18(2)17-16-12)10-4-6-11(14)7-5-10/h4-7,9,13,15H,3,8H2,1-2H3. The molecular formula is C13H17FN4. The number of nitrogens with one attached hydrogen (secondary N) is 1. The third kappa shape index (κ3) is 2.92. The van der Waals surface area contributed by atoms with Gasteiger partial charge in [0.05, 0.1) is 12.2 Å². The molecule has 4 nitrogen and oxygen atoms in total. The molecule has 0 aliphatic rings. The van der Waals surface area contributed by atoms with Gasteiger partial charge in [-0.05, 0) is 30.7 Å². The summed E-state index contributed by atoms with van der Waals surface area (Å²) in [6, 6.07) is 6.44. The monoisotopic (exact) mass is 248 g/mol. The first-order chi connectivity index (χ1) is 8.70. The fourth-order valence-corrected chi connectivity index (χ4v) is 1.83. The summed E-state index contributed by atoms with van der Waals surface area (Å²) in [6.07, 6.45) is 2.90. The van der Waals surface area contributed by atoms with E-state index in [0.717, 1.165) is 24.2 Å². The molecule has 1 aromatic carbocycles. The van der Waals surface area contributed by atoms with Crippen molar-refractivity contribution in [1.29, 1.82) is 0 Å². The Kier molecular flexibility index (Phi) is 4.04. The van der Waals surface area contributed by atoms with Crippen molar-refractivity contribution in [2.45, 2.75) is 19.4 Å². The van der Waals surface area contributed by atoms with Crippen molar-refractivity contribution in [1.82, 2.24) is 20.3 Å². The van der Waals surface area contributed by atoms with Crippen molar-refractivity contribution in [3.05, 3.63) is 47.5 Å². The molecule has 1 atom stereocenters. The molecule has 0 saturated heterocycles. The number of nitrogens with zero attached hydrogens (tertiary/aromatic N) is 3. The van der Waals surface area contributed by atoms with Crippen LogP contribution in [0, 0.1) is 5.82 Å². The summed E-state index contributed by atoms with van der Waals surface area (Å²) < 4.78 is 14.6. The van der Waals surface area contributed by atoms with Crippen molar-refractivity contribution in [3.8, 4) is 0 Å². The fourth-order valence-electron chi connectivity index (χ4n) is 1.83. The Morgan fingerprint density at radius 1 is 1.33 bits per heavy atom. The Hall–Kier alpha value is -1.75. The van der Waals surface area contributed by atoms with E-state index in [2.05, 4.69) is 22.6 Å². The predicted molar refractivity (Wildman–Crippen MR) is 67.5 cm³/mol. The molecule has 2 aromatic rings. The van der Waals surface area contributed by atoms with E-state index in [-0.39, 0.29) is 11.9 Å². The molecule has 0 saturated carbocycles. The molecular weight excluding hydrogens is 231 g/mol. The van der Waals surface area contributed by atoms with Crippen LogP contribution in [0.25, 0.3) is 0 Å². The molecule has 0 radical (unpaired) electrons. The van der Waals surface area contributed by atoms with Crippen molar-refractivity contribution in [2.75, 3.05) is 6.54 Å². The van der Waals surface area contributed by atoms with Crippen LogP contribution in [-0.4, -0.2) is 21.5 Å². The van der Waals surface area contributed by atoms with Gasteiger partial charge in [0.15, 0.2) is 0 Å². The van der Waals surface area contributed by atoms with Crippen molar-refractivity contribution in [3.63, 3.8) is 0 Å². The van der Waals surface area contributed by atoms with Crippen molar-refractivity contribution >= 4 is 0 Å². The third-order valence-electron chi connectivity index (χ3n) is 2.72. The van der Waals surface area contributed by atoms with Crippen LogP contribution in [0.3, 0.4) is 0 Å². The molecule has 1 unspecified atom stereocenters. The number of aryl methyl sites for hydroxylation is 1. The van der Waals surface area contributed by atoms with Crippen LogP contribution in [0.4, 0.5) is 4.39 Å². The molecule has 0 aliphatic carbocycles. The summed E-state index contributed by atoms with van der Waals surface area (Å²) in [5.41, 5.74) is 1.84. The molecule has 1 aromatic heterocycles. The molecule has 0 aliphatic heterocycles. The Bertz CT molecular complexity index is 492. The van der Waals surface area contributed by atoms with E-state index in [9.17, 15) is 4.39 Å². The van der Waals surface area contributed by atoms with Crippen LogP contribution in [0.5, 0.6) is 0 Å². The molecule has 5 heteroatoms. The quantitative estimate of drug-likeness (QED) is 0.880. The highest BCUT2D eigenvalue weighted by Crippen LogP contribution is 2.20. The molecule has 1 heterocycles. The highest BCUT2D eigenvalue weighted by molar-refractivity contribution is 5.26. The number of aromatic nitrogens is 3. The minimum absolute atomic E-state index is 0.0424. The number of hydrogen-bond acceptors (Lipinski definition) is 3. The van der Waals surface area contributed by atoms with E-state index in [0.29, 0.717) is 0 Å². The lowest BCUT2D eigenvalue weighted by Crippen LogP contribution is -2.23. The molecule has 0 fully saturated rings. The van der Waals surface area contributed by atoms with Gasteiger partial charge in [-0.15, -0.1) is 5.10 Å². The SMILES string of the molecule is CCCNC(c1ccc(F)cc1)c1cn(C)nn1. The van der Waals surface area contributed by atoms with E-state index in [1.807, 2.05) is 13.2 Å². The predicted octanol–water partition coefficient (Wildman–Crippen LogP) is 2.04. The molecule has 0 bridgehead atoms. The third-order valence-corrected chi connectivity index (χ3v) is 2.72. The minimum Gasteiger partial charge on any atom is -0.305 e. The van der Waals surface area contributed by atoms with Gasteiger partial charge in [-0.1, -0.05) is 24.3 Å². The van der Waals surface area contributed by atoms with Gasteiger partial charge >= 0.3 is 0 Å². The first kappa shape index (κ1) is 12.7. The van der Waals surface area contributed by atoms with Gasteiger partial charge in [-0.2, -0.15) is 0 Å². The first-order valence-electron chi connectivity index (χ1n) is 6.05. The van der Waals surface area contributed by atoms with E-state index in [1.54, 1.807) is 16.8 Å². The second-order valence-electron chi connectivity index (χ2n) is 4.26. The summed E-state index contributed by atoms with van der Waals surface area (Å²) in [5.74, 6) is -0.230. The highest BCUT2D eigenvalue weighted by Gasteiger charge is 2.16. The number of hydrogen-bond donors (Lipinski definition) is 1. The lowest BCUT2D eigenvalue weighted by Gasteiger charge is -2.16.